The molecule has 1 N–H and O–H groups in total. The van der Waals surface area contributed by atoms with Crippen LogP contribution in [0.3, 0.4) is 0 Å². The van der Waals surface area contributed by atoms with E-state index >= 15 is 0 Å². The molecule has 31 heavy (non-hydrogen) atoms. The summed E-state index contributed by atoms with van der Waals surface area (Å²) in [6, 6.07) is 17.4. The highest BCUT2D eigenvalue weighted by Gasteiger charge is 2.24. The van der Waals surface area contributed by atoms with Crippen LogP contribution in [0.1, 0.15) is 41.5 Å². The van der Waals surface area contributed by atoms with Crippen molar-refractivity contribution in [2.45, 2.75) is 32.1 Å². The van der Waals surface area contributed by atoms with E-state index < -0.39 is 5.97 Å². The van der Waals surface area contributed by atoms with Crippen molar-refractivity contribution in [3.05, 3.63) is 76.9 Å². The summed E-state index contributed by atoms with van der Waals surface area (Å²) in [6.07, 6.45) is 7.08. The van der Waals surface area contributed by atoms with Gasteiger partial charge in [-0.3, -0.25) is 4.79 Å². The molecule has 1 aliphatic heterocycles. The van der Waals surface area contributed by atoms with Gasteiger partial charge in [-0.05, 0) is 66.5 Å². The quantitative estimate of drug-likeness (QED) is 0.624. The molecule has 0 radical (unpaired) electrons. The molecule has 2 aromatic rings. The molecule has 0 amide bonds. The summed E-state index contributed by atoms with van der Waals surface area (Å²) in [6.45, 7) is 3.87. The van der Waals surface area contributed by atoms with Gasteiger partial charge in [-0.15, -0.1) is 12.4 Å². The van der Waals surface area contributed by atoms with E-state index in [1.165, 1.54) is 27.8 Å². The highest BCUT2D eigenvalue weighted by molar-refractivity contribution is 5.85. The Bertz CT molecular complexity index is 862. The van der Waals surface area contributed by atoms with Gasteiger partial charge >= 0.3 is 5.97 Å². The van der Waals surface area contributed by atoms with Gasteiger partial charge in [0.05, 0.1) is 12.5 Å². The molecule has 0 unspecified atom stereocenters. The Labute approximate surface area is 191 Å². The van der Waals surface area contributed by atoms with Crippen molar-refractivity contribution < 1.29 is 14.6 Å². The third-order valence-corrected chi connectivity index (χ3v) is 6.30. The number of carbonyl (C=O) groups is 1. The van der Waals surface area contributed by atoms with Gasteiger partial charge in [0, 0.05) is 19.7 Å². The van der Waals surface area contributed by atoms with Crippen LogP contribution in [0.25, 0.3) is 5.57 Å². The number of likely N-dealkylation sites (tertiary alicyclic amines) is 1. The Morgan fingerprint density at radius 1 is 1.06 bits per heavy atom. The van der Waals surface area contributed by atoms with Crippen LogP contribution in [-0.2, 0) is 22.4 Å². The van der Waals surface area contributed by atoms with E-state index in [2.05, 4.69) is 59.5 Å². The first-order valence-corrected chi connectivity index (χ1v) is 11.1. The predicted molar refractivity (Wildman–Crippen MR) is 127 cm³/mol. The smallest absolute Gasteiger partial charge is 0.307 e. The lowest BCUT2D eigenvalue weighted by Gasteiger charge is -2.30. The molecule has 1 fully saturated rings. The summed E-state index contributed by atoms with van der Waals surface area (Å²) in [4.78, 5) is 13.5. The van der Waals surface area contributed by atoms with Crippen molar-refractivity contribution in [2.75, 3.05) is 32.8 Å². The first-order valence-electron chi connectivity index (χ1n) is 11.1. The second kappa shape index (κ2) is 11.5. The summed E-state index contributed by atoms with van der Waals surface area (Å²) in [7, 11) is 0. The average Bonchev–Trinajstić information content (AvgIpc) is 2.93. The minimum absolute atomic E-state index is 0. The van der Waals surface area contributed by atoms with Gasteiger partial charge in [0.2, 0.25) is 0 Å². The van der Waals surface area contributed by atoms with Gasteiger partial charge < -0.3 is 14.7 Å². The summed E-state index contributed by atoms with van der Waals surface area (Å²) < 4.78 is 5.95. The number of aliphatic carboxylic acids is 1. The average molecular weight is 442 g/mol. The number of ether oxygens (including phenoxy) is 1. The molecule has 0 saturated carbocycles. The van der Waals surface area contributed by atoms with Crippen molar-refractivity contribution in [1.29, 1.82) is 0 Å². The summed E-state index contributed by atoms with van der Waals surface area (Å²) in [5.41, 5.74) is 6.72. The van der Waals surface area contributed by atoms with E-state index in [-0.39, 0.29) is 18.3 Å². The second-order valence-electron chi connectivity index (χ2n) is 8.34. The molecule has 5 heteroatoms. The molecule has 2 aromatic carbocycles. The molecule has 4 nitrogen and oxygen atoms in total. The molecule has 1 aliphatic carbocycles. The number of piperidine rings is 1. The van der Waals surface area contributed by atoms with Crippen LogP contribution in [0.15, 0.2) is 54.6 Å². The van der Waals surface area contributed by atoms with Crippen molar-refractivity contribution in [2.24, 2.45) is 5.92 Å². The first kappa shape index (κ1) is 23.5. The molecule has 0 spiro atoms. The molecule has 4 rings (SSSR count). The molecule has 2 aliphatic rings. The SMILES string of the molecule is Cl.O=C(O)[C@@H]1CCCN(CCCOCC=C2c3ccccc3CCc3ccccc32)C1. The lowest BCUT2D eigenvalue weighted by atomic mass is 9.94. The number of hydrogen-bond acceptors (Lipinski definition) is 3. The molecule has 0 aromatic heterocycles. The summed E-state index contributed by atoms with van der Waals surface area (Å²) >= 11 is 0. The Balaban J connectivity index is 0.00000272. The van der Waals surface area contributed by atoms with Crippen LogP contribution in [0.2, 0.25) is 0 Å². The first-order chi connectivity index (χ1) is 14.7. The fraction of sp³-hybridized carbons (Fsp3) is 0.423. The second-order valence-corrected chi connectivity index (χ2v) is 8.34. The Morgan fingerprint density at radius 2 is 1.71 bits per heavy atom. The van der Waals surface area contributed by atoms with Crippen molar-refractivity contribution in [3.8, 4) is 0 Å². The van der Waals surface area contributed by atoms with Crippen molar-refractivity contribution >= 4 is 23.9 Å². The number of nitrogens with zero attached hydrogens (tertiary/aromatic N) is 1. The van der Waals surface area contributed by atoms with Gasteiger partial charge in [0.25, 0.3) is 0 Å². The number of rotatable bonds is 7. The molecule has 0 bridgehead atoms. The minimum atomic E-state index is -0.661. The van der Waals surface area contributed by atoms with Crippen LogP contribution in [0.4, 0.5) is 0 Å². The van der Waals surface area contributed by atoms with Crippen LogP contribution >= 0.6 is 12.4 Å². The largest absolute Gasteiger partial charge is 0.481 e. The number of benzene rings is 2. The molecule has 166 valence electrons. The summed E-state index contributed by atoms with van der Waals surface area (Å²) in [5, 5.41) is 9.22. The third kappa shape index (κ3) is 5.97. The van der Waals surface area contributed by atoms with E-state index in [0.717, 1.165) is 45.2 Å². The number of carboxylic acids is 1. The van der Waals surface area contributed by atoms with Gasteiger partial charge in [-0.1, -0.05) is 54.6 Å². The van der Waals surface area contributed by atoms with E-state index in [1.54, 1.807) is 0 Å². The maximum atomic E-state index is 11.2. The number of hydrogen-bond donors (Lipinski definition) is 1. The van der Waals surface area contributed by atoms with Gasteiger partial charge in [-0.25, -0.2) is 0 Å². The van der Waals surface area contributed by atoms with Gasteiger partial charge in [0.1, 0.15) is 0 Å². The van der Waals surface area contributed by atoms with Crippen LogP contribution < -0.4 is 0 Å². The molecule has 1 heterocycles. The van der Waals surface area contributed by atoms with E-state index in [1.807, 2.05) is 0 Å². The highest BCUT2D eigenvalue weighted by atomic mass is 35.5. The topological polar surface area (TPSA) is 49.8 Å². The monoisotopic (exact) mass is 441 g/mol. The number of halogens is 1. The van der Waals surface area contributed by atoms with Gasteiger partial charge in [0.15, 0.2) is 0 Å². The van der Waals surface area contributed by atoms with E-state index in [9.17, 15) is 9.90 Å². The molecular weight excluding hydrogens is 410 g/mol. The number of fused-ring (bicyclic) bond motifs is 2. The van der Waals surface area contributed by atoms with Crippen LogP contribution in [0.5, 0.6) is 0 Å². The van der Waals surface area contributed by atoms with Crippen molar-refractivity contribution in [3.63, 3.8) is 0 Å². The maximum absolute atomic E-state index is 11.2. The highest BCUT2D eigenvalue weighted by Crippen LogP contribution is 2.33. The zero-order valence-electron chi connectivity index (χ0n) is 18.0. The standard InChI is InChI=1S/C26H31NO3.ClH/c28-26(29)22-9-5-15-27(19-22)16-6-17-30-18-14-25-23-10-3-1-7-20(23)12-13-21-8-2-4-11-24(21)25;/h1-4,7-8,10-11,14,22H,5-6,9,12-13,15-19H2,(H,28,29);1H/t22-;/m1./s1. The molecule has 1 atom stereocenters. The Kier molecular flexibility index (Phi) is 8.70. The van der Waals surface area contributed by atoms with Crippen LogP contribution in [0, 0.1) is 5.92 Å². The van der Waals surface area contributed by atoms with Crippen LogP contribution in [-0.4, -0.2) is 48.8 Å². The minimum Gasteiger partial charge on any atom is -0.481 e. The Morgan fingerprint density at radius 3 is 2.35 bits per heavy atom. The Hall–Kier alpha value is -2.14. The fourth-order valence-electron chi connectivity index (χ4n) is 4.71. The maximum Gasteiger partial charge on any atom is 0.307 e. The van der Waals surface area contributed by atoms with E-state index in [4.69, 9.17) is 4.74 Å². The normalized spacial score (nSPS) is 18.3. The zero-order valence-corrected chi connectivity index (χ0v) is 18.8. The predicted octanol–water partition coefficient (Wildman–Crippen LogP) is 4.84. The summed E-state index contributed by atoms with van der Waals surface area (Å²) in [5.74, 6) is -0.869. The lowest BCUT2D eigenvalue weighted by molar-refractivity contribution is -0.143. The number of carboxylic acid groups (broad SMARTS) is 1. The fourth-order valence-corrected chi connectivity index (χ4v) is 4.71. The van der Waals surface area contributed by atoms with Crippen molar-refractivity contribution in [1.82, 2.24) is 4.90 Å². The van der Waals surface area contributed by atoms with Gasteiger partial charge in [-0.2, -0.15) is 0 Å². The zero-order chi connectivity index (χ0) is 20.8. The third-order valence-electron chi connectivity index (χ3n) is 6.30. The lowest BCUT2D eigenvalue weighted by Crippen LogP contribution is -2.39. The molecule has 1 saturated heterocycles. The molecular formula is C26H32ClNO3. The number of aryl methyl sites for hydroxylation is 2. The van der Waals surface area contributed by atoms with E-state index in [0.29, 0.717) is 19.8 Å².